The molecule has 1 N–H and O–H groups in total. The van der Waals surface area contributed by atoms with E-state index in [0.29, 0.717) is 5.56 Å². The Labute approximate surface area is 135 Å². The van der Waals surface area contributed by atoms with Crippen molar-refractivity contribution in [1.82, 2.24) is 4.90 Å². The highest BCUT2D eigenvalue weighted by molar-refractivity contribution is 6.07. The number of carbonyl (C=O) groups excluding carboxylic acids is 2. The van der Waals surface area contributed by atoms with Crippen LogP contribution in [0.3, 0.4) is 0 Å². The number of aliphatic hydroxyl groups is 1. The van der Waals surface area contributed by atoms with E-state index in [1.807, 2.05) is 6.07 Å². The van der Waals surface area contributed by atoms with Crippen molar-refractivity contribution >= 4 is 11.9 Å². The van der Waals surface area contributed by atoms with Gasteiger partial charge in [0.1, 0.15) is 5.57 Å². The van der Waals surface area contributed by atoms with Gasteiger partial charge in [0.15, 0.2) is 5.76 Å². The molecule has 1 aliphatic heterocycles. The first-order valence-corrected chi connectivity index (χ1v) is 7.46. The third kappa shape index (κ3) is 2.49. The van der Waals surface area contributed by atoms with Crippen molar-refractivity contribution in [2.24, 2.45) is 0 Å². The van der Waals surface area contributed by atoms with Crippen molar-refractivity contribution in [2.75, 3.05) is 13.7 Å². The number of ether oxygens (including phenoxy) is 2. The molecule has 1 atom stereocenters. The van der Waals surface area contributed by atoms with Gasteiger partial charge in [-0.2, -0.15) is 0 Å². The summed E-state index contributed by atoms with van der Waals surface area (Å²) in [5, 5.41) is 10.3. The lowest BCUT2D eigenvalue weighted by Crippen LogP contribution is -2.52. The van der Waals surface area contributed by atoms with Crippen LogP contribution >= 0.6 is 0 Å². The van der Waals surface area contributed by atoms with Gasteiger partial charge in [-0.1, -0.05) is 30.3 Å². The molecule has 0 spiro atoms. The number of carbonyl (C=O) groups is 2. The first-order valence-electron chi connectivity index (χ1n) is 7.46. The number of hydrogen-bond acceptors (Lipinski definition) is 5. The van der Waals surface area contributed by atoms with Crippen molar-refractivity contribution in [3.63, 3.8) is 0 Å². The molecule has 6 nitrogen and oxygen atoms in total. The molecule has 0 saturated heterocycles. The number of nitrogens with zero attached hydrogens (tertiary/aromatic N) is 1. The Morgan fingerprint density at radius 2 is 1.91 bits per heavy atom. The second-order valence-electron chi connectivity index (χ2n) is 5.43. The van der Waals surface area contributed by atoms with E-state index >= 15 is 0 Å². The predicted octanol–water partition coefficient (Wildman–Crippen LogP) is 2.11. The Hall–Kier alpha value is -2.34. The molecule has 0 aromatic heterocycles. The summed E-state index contributed by atoms with van der Waals surface area (Å²) in [5.74, 6) is -2.07. The molecule has 2 rings (SSSR count). The molecule has 124 valence electrons. The second-order valence-corrected chi connectivity index (χ2v) is 5.43. The lowest BCUT2D eigenvalue weighted by molar-refractivity contribution is -0.163. The standard InChI is InChI=1S/C17H21NO5/c1-5-23-16(21)13-14(19)15(20)18(11(2)3)17(13,22-4)12-9-7-6-8-10-12/h6-11,19H,5H2,1-4H3. The fraction of sp³-hybridized carbons (Fsp3) is 0.412. The highest BCUT2D eigenvalue weighted by Crippen LogP contribution is 2.45. The van der Waals surface area contributed by atoms with E-state index in [2.05, 4.69) is 0 Å². The Bertz CT molecular complexity index is 638. The van der Waals surface area contributed by atoms with Crippen LogP contribution in [-0.4, -0.2) is 41.6 Å². The molecular formula is C17H21NO5. The quantitative estimate of drug-likeness (QED) is 0.841. The minimum Gasteiger partial charge on any atom is -0.503 e. The van der Waals surface area contributed by atoms with Crippen LogP contribution < -0.4 is 0 Å². The predicted molar refractivity (Wildman–Crippen MR) is 83.4 cm³/mol. The molecule has 1 aromatic carbocycles. The number of esters is 1. The van der Waals surface area contributed by atoms with Gasteiger partial charge in [0.25, 0.3) is 5.91 Å². The summed E-state index contributed by atoms with van der Waals surface area (Å²) in [6.07, 6.45) is 0. The molecule has 1 aliphatic rings. The van der Waals surface area contributed by atoms with Crippen LogP contribution in [0.4, 0.5) is 0 Å². The summed E-state index contributed by atoms with van der Waals surface area (Å²) in [7, 11) is 1.40. The van der Waals surface area contributed by atoms with E-state index in [9.17, 15) is 14.7 Å². The maximum Gasteiger partial charge on any atom is 0.343 e. The fourth-order valence-corrected chi connectivity index (χ4v) is 2.95. The van der Waals surface area contributed by atoms with Gasteiger partial charge in [0.05, 0.1) is 6.61 Å². The zero-order valence-corrected chi connectivity index (χ0v) is 13.7. The Morgan fingerprint density at radius 1 is 1.30 bits per heavy atom. The van der Waals surface area contributed by atoms with Gasteiger partial charge in [-0.25, -0.2) is 4.79 Å². The first-order chi connectivity index (χ1) is 10.9. The number of benzene rings is 1. The number of hydrogen-bond donors (Lipinski definition) is 1. The van der Waals surface area contributed by atoms with Crippen molar-refractivity contribution in [1.29, 1.82) is 0 Å². The van der Waals surface area contributed by atoms with Crippen molar-refractivity contribution < 1.29 is 24.2 Å². The monoisotopic (exact) mass is 319 g/mol. The van der Waals surface area contributed by atoms with Crippen LogP contribution in [0, 0.1) is 0 Å². The molecule has 23 heavy (non-hydrogen) atoms. The second kappa shape index (κ2) is 6.42. The van der Waals surface area contributed by atoms with Crippen LogP contribution in [0.25, 0.3) is 0 Å². The van der Waals surface area contributed by atoms with Gasteiger partial charge in [0, 0.05) is 18.7 Å². The normalized spacial score (nSPS) is 21.3. The van der Waals surface area contributed by atoms with Crippen molar-refractivity contribution in [3.8, 4) is 0 Å². The molecule has 0 fully saturated rings. The summed E-state index contributed by atoms with van der Waals surface area (Å²) in [6, 6.07) is 8.54. The lowest BCUT2D eigenvalue weighted by Gasteiger charge is -2.40. The number of methoxy groups -OCH3 is 1. The van der Waals surface area contributed by atoms with Gasteiger partial charge >= 0.3 is 5.97 Å². The van der Waals surface area contributed by atoms with E-state index < -0.39 is 23.4 Å². The molecule has 0 radical (unpaired) electrons. The van der Waals surface area contributed by atoms with Gasteiger partial charge in [0.2, 0.25) is 5.72 Å². The van der Waals surface area contributed by atoms with E-state index in [0.717, 1.165) is 0 Å². The fourth-order valence-electron chi connectivity index (χ4n) is 2.95. The Balaban J connectivity index is 2.74. The molecular weight excluding hydrogens is 298 g/mol. The first kappa shape index (κ1) is 17.0. The summed E-state index contributed by atoms with van der Waals surface area (Å²) in [4.78, 5) is 26.3. The number of amides is 1. The van der Waals surface area contributed by atoms with E-state index in [-0.39, 0.29) is 18.2 Å². The van der Waals surface area contributed by atoms with Gasteiger partial charge in [-0.3, -0.25) is 9.69 Å². The zero-order chi connectivity index (χ0) is 17.2. The van der Waals surface area contributed by atoms with E-state index in [4.69, 9.17) is 9.47 Å². The summed E-state index contributed by atoms with van der Waals surface area (Å²) in [5.41, 5.74) is -1.13. The van der Waals surface area contributed by atoms with Crippen LogP contribution in [-0.2, 0) is 24.8 Å². The molecule has 1 aromatic rings. The van der Waals surface area contributed by atoms with Crippen LogP contribution in [0.15, 0.2) is 41.7 Å². The third-order valence-corrected chi connectivity index (χ3v) is 3.79. The average Bonchev–Trinajstić information content (AvgIpc) is 2.77. The maximum absolute atomic E-state index is 12.5. The van der Waals surface area contributed by atoms with Gasteiger partial charge < -0.3 is 14.6 Å². The molecule has 0 bridgehead atoms. The van der Waals surface area contributed by atoms with Crippen molar-refractivity contribution in [2.45, 2.75) is 32.5 Å². The zero-order valence-electron chi connectivity index (χ0n) is 13.7. The lowest BCUT2D eigenvalue weighted by atomic mass is 9.93. The minimum atomic E-state index is -1.51. The molecule has 1 unspecified atom stereocenters. The van der Waals surface area contributed by atoms with Crippen LogP contribution in [0.2, 0.25) is 0 Å². The third-order valence-electron chi connectivity index (χ3n) is 3.79. The molecule has 1 heterocycles. The summed E-state index contributed by atoms with van der Waals surface area (Å²) < 4.78 is 10.7. The highest BCUT2D eigenvalue weighted by Gasteiger charge is 2.58. The molecule has 0 saturated carbocycles. The molecule has 1 amide bonds. The smallest absolute Gasteiger partial charge is 0.343 e. The number of rotatable bonds is 5. The number of aliphatic hydroxyl groups excluding tert-OH is 1. The largest absolute Gasteiger partial charge is 0.503 e. The van der Waals surface area contributed by atoms with Gasteiger partial charge in [-0.05, 0) is 20.8 Å². The minimum absolute atomic E-state index is 0.125. The van der Waals surface area contributed by atoms with E-state index in [1.165, 1.54) is 12.0 Å². The Kier molecular flexibility index (Phi) is 4.75. The summed E-state index contributed by atoms with van der Waals surface area (Å²) in [6.45, 7) is 5.36. The van der Waals surface area contributed by atoms with Crippen LogP contribution in [0.5, 0.6) is 0 Å². The Morgan fingerprint density at radius 3 is 2.39 bits per heavy atom. The topological polar surface area (TPSA) is 76.1 Å². The highest BCUT2D eigenvalue weighted by atomic mass is 16.5. The average molecular weight is 319 g/mol. The van der Waals surface area contributed by atoms with Crippen LogP contribution in [0.1, 0.15) is 26.3 Å². The molecule has 6 heteroatoms. The SMILES string of the molecule is CCOC(=O)C1=C(O)C(=O)N(C(C)C)C1(OC)c1ccccc1. The maximum atomic E-state index is 12.5. The van der Waals surface area contributed by atoms with Crippen molar-refractivity contribution in [3.05, 3.63) is 47.2 Å². The molecule has 0 aliphatic carbocycles. The summed E-state index contributed by atoms with van der Waals surface area (Å²) >= 11 is 0. The van der Waals surface area contributed by atoms with Gasteiger partial charge in [-0.15, -0.1) is 0 Å². The van der Waals surface area contributed by atoms with E-state index in [1.54, 1.807) is 45.0 Å².